The van der Waals surface area contributed by atoms with E-state index in [2.05, 4.69) is 46.0 Å². The number of aromatic nitrogens is 8. The second kappa shape index (κ2) is 7.93. The number of thioether (sulfide) groups is 1. The molecule has 0 aliphatic heterocycles. The van der Waals surface area contributed by atoms with Gasteiger partial charge in [-0.3, -0.25) is 4.79 Å². The van der Waals surface area contributed by atoms with Crippen LogP contribution in [0, 0.1) is 0 Å². The normalized spacial score (nSPS) is 11.3. The molecule has 0 spiro atoms. The molecule has 4 aromatic rings. The Balaban J connectivity index is 1.60. The maximum absolute atomic E-state index is 12.6. The number of carbonyl (C=O) groups is 1. The Morgan fingerprint density at radius 1 is 1.41 bits per heavy atom. The van der Waals surface area contributed by atoms with E-state index in [4.69, 9.17) is 10.2 Å². The number of furan rings is 1. The van der Waals surface area contributed by atoms with Crippen molar-refractivity contribution in [3.8, 4) is 5.82 Å². The number of rotatable bonds is 7. The first-order valence-corrected chi connectivity index (χ1v) is 8.97. The molecule has 15 heteroatoms. The van der Waals surface area contributed by atoms with E-state index in [1.807, 2.05) is 0 Å². The number of aryl methyl sites for hydroxylation is 1. The van der Waals surface area contributed by atoms with Crippen molar-refractivity contribution in [2.45, 2.75) is 10.9 Å². The second-order valence-corrected chi connectivity index (χ2v) is 6.48. The van der Waals surface area contributed by atoms with Crippen LogP contribution in [-0.4, -0.2) is 52.2 Å². The van der Waals surface area contributed by atoms with Crippen molar-refractivity contribution < 1.29 is 13.8 Å². The van der Waals surface area contributed by atoms with Gasteiger partial charge in [0.25, 0.3) is 5.91 Å². The molecule has 148 valence electrons. The van der Waals surface area contributed by atoms with Crippen LogP contribution in [0.4, 0.5) is 5.82 Å². The van der Waals surface area contributed by atoms with Gasteiger partial charge in [0.2, 0.25) is 11.6 Å². The molecular weight excluding hydrogens is 402 g/mol. The Bertz CT molecular complexity index is 1140. The molecule has 29 heavy (non-hydrogen) atoms. The van der Waals surface area contributed by atoms with Crippen molar-refractivity contribution in [3.63, 3.8) is 0 Å². The van der Waals surface area contributed by atoms with E-state index in [9.17, 15) is 4.79 Å². The Kier molecular flexibility index (Phi) is 5.02. The third kappa shape index (κ3) is 3.84. The summed E-state index contributed by atoms with van der Waals surface area (Å²) in [4.78, 5) is 12.6. The Hall–Kier alpha value is -4.01. The quantitative estimate of drug-likeness (QED) is 0.236. The molecule has 0 saturated heterocycles. The van der Waals surface area contributed by atoms with Gasteiger partial charge >= 0.3 is 0 Å². The van der Waals surface area contributed by atoms with Crippen LogP contribution in [0.5, 0.6) is 0 Å². The highest BCUT2D eigenvalue weighted by Gasteiger charge is 2.24. The number of anilines is 1. The van der Waals surface area contributed by atoms with E-state index in [-0.39, 0.29) is 23.1 Å². The zero-order valence-corrected chi connectivity index (χ0v) is 15.6. The van der Waals surface area contributed by atoms with E-state index in [0.29, 0.717) is 16.4 Å². The number of hydrogen-bond donors (Lipinski definition) is 2. The molecule has 0 radical (unpaired) electrons. The number of carbonyl (C=O) groups excluding carboxylic acids is 1. The largest absolute Gasteiger partial charge is 0.472 e. The molecule has 1 amide bonds. The second-order valence-electron chi connectivity index (χ2n) is 5.54. The minimum atomic E-state index is -0.570. The van der Waals surface area contributed by atoms with Crippen LogP contribution in [0.25, 0.3) is 5.82 Å². The number of hydrogen-bond acceptors (Lipinski definition) is 12. The molecule has 0 saturated carbocycles. The van der Waals surface area contributed by atoms with Gasteiger partial charge in [-0.2, -0.15) is 9.78 Å². The molecule has 3 N–H and O–H groups in total. The molecule has 0 bridgehead atoms. The number of nitrogen functional groups attached to an aromatic ring is 1. The van der Waals surface area contributed by atoms with Crippen molar-refractivity contribution in [1.29, 1.82) is 0 Å². The lowest BCUT2D eigenvalue weighted by Gasteiger charge is -2.05. The van der Waals surface area contributed by atoms with Gasteiger partial charge in [0.15, 0.2) is 10.9 Å². The SMILES string of the molecule is Cn1cnnc1SCc1c(C(=O)NN=Cc2ccoc2)nnn1-c1nonc1N. The van der Waals surface area contributed by atoms with E-state index < -0.39 is 5.91 Å². The van der Waals surface area contributed by atoms with Crippen molar-refractivity contribution in [1.82, 2.24) is 45.5 Å². The molecule has 14 nitrogen and oxygen atoms in total. The highest BCUT2D eigenvalue weighted by atomic mass is 32.2. The van der Waals surface area contributed by atoms with Crippen LogP contribution in [0.2, 0.25) is 0 Å². The number of nitrogens with one attached hydrogen (secondary N) is 1. The van der Waals surface area contributed by atoms with E-state index in [1.54, 1.807) is 24.0 Å². The Morgan fingerprint density at radius 3 is 3.00 bits per heavy atom. The number of hydrazone groups is 1. The molecule has 4 aromatic heterocycles. The first kappa shape index (κ1) is 18.4. The van der Waals surface area contributed by atoms with Gasteiger partial charge in [0.05, 0.1) is 24.4 Å². The lowest BCUT2D eigenvalue weighted by atomic mass is 10.3. The molecule has 0 aliphatic carbocycles. The van der Waals surface area contributed by atoms with E-state index >= 15 is 0 Å². The van der Waals surface area contributed by atoms with Crippen LogP contribution in [0.15, 0.2) is 44.2 Å². The lowest BCUT2D eigenvalue weighted by Crippen LogP contribution is -2.20. The standard InChI is InChI=1S/C14H13N11O3S/c1-24-7-17-20-14(24)29-6-9-10(13(26)19-16-4-8-2-3-27-5-8)18-23-25(9)12-11(15)21-28-22-12/h2-5,7H,6H2,1H3,(H2,15,21)(H,19,26). The Labute approximate surface area is 166 Å². The molecule has 0 fully saturated rings. The summed E-state index contributed by atoms with van der Waals surface area (Å²) in [6.45, 7) is 0. The fourth-order valence-electron chi connectivity index (χ4n) is 2.22. The minimum Gasteiger partial charge on any atom is -0.472 e. The maximum Gasteiger partial charge on any atom is 0.293 e. The summed E-state index contributed by atoms with van der Waals surface area (Å²) >= 11 is 1.32. The highest BCUT2D eigenvalue weighted by Crippen LogP contribution is 2.24. The van der Waals surface area contributed by atoms with E-state index in [0.717, 1.165) is 0 Å². The van der Waals surface area contributed by atoms with Gasteiger partial charge in [0, 0.05) is 18.4 Å². The third-order valence-electron chi connectivity index (χ3n) is 3.61. The molecule has 0 unspecified atom stereocenters. The monoisotopic (exact) mass is 415 g/mol. The van der Waals surface area contributed by atoms with Gasteiger partial charge in [-0.15, -0.1) is 15.3 Å². The zero-order valence-electron chi connectivity index (χ0n) is 14.8. The topological polar surface area (TPSA) is 181 Å². The molecule has 4 heterocycles. The van der Waals surface area contributed by atoms with Crippen LogP contribution in [0.3, 0.4) is 0 Å². The highest BCUT2D eigenvalue weighted by molar-refractivity contribution is 7.98. The van der Waals surface area contributed by atoms with Gasteiger partial charge < -0.3 is 14.7 Å². The summed E-state index contributed by atoms with van der Waals surface area (Å²) < 4.78 is 12.6. The first-order chi connectivity index (χ1) is 14.1. The van der Waals surface area contributed by atoms with E-state index in [1.165, 1.54) is 35.2 Å². The summed E-state index contributed by atoms with van der Waals surface area (Å²) in [6.07, 6.45) is 5.97. The van der Waals surface area contributed by atoms with Crippen molar-refractivity contribution in [2.24, 2.45) is 12.1 Å². The number of nitrogens with zero attached hydrogens (tertiary/aromatic N) is 9. The van der Waals surface area contributed by atoms with Crippen molar-refractivity contribution in [3.05, 3.63) is 41.9 Å². The summed E-state index contributed by atoms with van der Waals surface area (Å²) in [5, 5.41) is 27.5. The first-order valence-electron chi connectivity index (χ1n) is 7.99. The van der Waals surface area contributed by atoms with Gasteiger partial charge in [-0.25, -0.2) is 10.1 Å². The third-order valence-corrected chi connectivity index (χ3v) is 4.65. The molecule has 4 rings (SSSR count). The zero-order chi connectivity index (χ0) is 20.2. The average Bonchev–Trinajstić information content (AvgIpc) is 3.48. The predicted molar refractivity (Wildman–Crippen MR) is 98.0 cm³/mol. The van der Waals surface area contributed by atoms with Crippen LogP contribution in [0.1, 0.15) is 21.7 Å². The van der Waals surface area contributed by atoms with Crippen molar-refractivity contribution in [2.75, 3.05) is 5.73 Å². The molecule has 0 aliphatic rings. The van der Waals surface area contributed by atoms with Gasteiger partial charge in [0.1, 0.15) is 6.33 Å². The number of nitrogens with two attached hydrogens (primary N) is 1. The number of amides is 1. The summed E-state index contributed by atoms with van der Waals surface area (Å²) in [6, 6.07) is 1.69. The van der Waals surface area contributed by atoms with Crippen LogP contribution in [-0.2, 0) is 12.8 Å². The smallest absolute Gasteiger partial charge is 0.293 e. The summed E-state index contributed by atoms with van der Waals surface area (Å²) in [7, 11) is 1.80. The predicted octanol–water partition coefficient (Wildman–Crippen LogP) is 0.0102. The van der Waals surface area contributed by atoms with Crippen LogP contribution < -0.4 is 11.2 Å². The molecular formula is C14H13N11O3S. The lowest BCUT2D eigenvalue weighted by molar-refractivity contribution is 0.0949. The molecule has 0 atom stereocenters. The fourth-order valence-corrected chi connectivity index (χ4v) is 3.10. The van der Waals surface area contributed by atoms with Gasteiger partial charge in [-0.05, 0) is 16.4 Å². The van der Waals surface area contributed by atoms with Crippen LogP contribution >= 0.6 is 11.8 Å². The Morgan fingerprint density at radius 2 is 2.31 bits per heavy atom. The average molecular weight is 415 g/mol. The minimum absolute atomic E-state index is 0.00439. The summed E-state index contributed by atoms with van der Waals surface area (Å²) in [5.41, 5.74) is 9.27. The van der Waals surface area contributed by atoms with Crippen molar-refractivity contribution >= 4 is 29.7 Å². The summed E-state index contributed by atoms with van der Waals surface area (Å²) in [5.74, 6) is -0.184. The maximum atomic E-state index is 12.6. The fraction of sp³-hybridized carbons (Fsp3) is 0.143. The van der Waals surface area contributed by atoms with Gasteiger partial charge in [-0.1, -0.05) is 17.0 Å². The molecule has 0 aromatic carbocycles.